The van der Waals surface area contributed by atoms with Crippen LogP contribution in [0.3, 0.4) is 0 Å². The zero-order valence-electron chi connectivity index (χ0n) is 6.62. The molecule has 0 aromatic rings. The third-order valence-corrected chi connectivity index (χ3v) is 2.08. The van der Waals surface area contributed by atoms with E-state index in [1.165, 1.54) is 0 Å². The van der Waals surface area contributed by atoms with Gasteiger partial charge in [-0.1, -0.05) is 0 Å². The first-order chi connectivity index (χ1) is 4.70. The van der Waals surface area contributed by atoms with Gasteiger partial charge in [-0.2, -0.15) is 0 Å². The first-order valence-corrected chi connectivity index (χ1v) is 3.62. The minimum Gasteiger partial charge on any atom is -0.481 e. The predicted octanol–water partition coefficient (Wildman–Crippen LogP) is 0.977. The Balaban J connectivity index is 0.000001000. The Hall–Kier alpha value is -0.280. The molecular formula is C7H14ClNO2. The van der Waals surface area contributed by atoms with E-state index in [0.717, 1.165) is 19.4 Å². The van der Waals surface area contributed by atoms with Crippen LogP contribution in [0.25, 0.3) is 0 Å². The van der Waals surface area contributed by atoms with Crippen molar-refractivity contribution in [1.29, 1.82) is 0 Å². The van der Waals surface area contributed by atoms with E-state index in [2.05, 4.69) is 4.90 Å². The van der Waals surface area contributed by atoms with Crippen molar-refractivity contribution in [1.82, 2.24) is 4.90 Å². The molecule has 66 valence electrons. The van der Waals surface area contributed by atoms with E-state index in [1.807, 2.05) is 7.05 Å². The van der Waals surface area contributed by atoms with Gasteiger partial charge in [0.25, 0.3) is 0 Å². The van der Waals surface area contributed by atoms with Crippen molar-refractivity contribution in [2.24, 2.45) is 0 Å². The smallest absolute Gasteiger partial charge is 0.304 e. The van der Waals surface area contributed by atoms with E-state index in [1.54, 1.807) is 0 Å². The van der Waals surface area contributed by atoms with Crippen molar-refractivity contribution >= 4 is 18.4 Å². The van der Waals surface area contributed by atoms with Gasteiger partial charge in [-0.05, 0) is 26.4 Å². The van der Waals surface area contributed by atoms with Crippen LogP contribution in [0.5, 0.6) is 0 Å². The Morgan fingerprint density at radius 1 is 1.73 bits per heavy atom. The molecule has 1 heterocycles. The van der Waals surface area contributed by atoms with Crippen molar-refractivity contribution in [3.63, 3.8) is 0 Å². The molecule has 0 spiro atoms. The fourth-order valence-electron chi connectivity index (χ4n) is 1.44. The molecule has 0 radical (unpaired) electrons. The van der Waals surface area contributed by atoms with Gasteiger partial charge < -0.3 is 10.0 Å². The Labute approximate surface area is 72.8 Å². The second-order valence-electron chi connectivity index (χ2n) is 2.87. The number of hydrogen-bond donors (Lipinski definition) is 1. The monoisotopic (exact) mass is 179 g/mol. The number of carbonyl (C=O) groups is 1. The maximum absolute atomic E-state index is 10.3. The Morgan fingerprint density at radius 2 is 2.36 bits per heavy atom. The molecular weight excluding hydrogens is 166 g/mol. The van der Waals surface area contributed by atoms with Crippen LogP contribution < -0.4 is 0 Å². The topological polar surface area (TPSA) is 40.5 Å². The minimum atomic E-state index is -0.682. The van der Waals surface area contributed by atoms with Gasteiger partial charge in [-0.15, -0.1) is 12.4 Å². The molecule has 0 bridgehead atoms. The van der Waals surface area contributed by atoms with Crippen LogP contribution in [-0.4, -0.2) is 35.6 Å². The van der Waals surface area contributed by atoms with Gasteiger partial charge in [0.2, 0.25) is 0 Å². The highest BCUT2D eigenvalue weighted by Gasteiger charge is 2.22. The Kier molecular flexibility index (Phi) is 4.45. The number of carboxylic acids is 1. The molecule has 1 N–H and O–H groups in total. The molecule has 1 fully saturated rings. The summed E-state index contributed by atoms with van der Waals surface area (Å²) in [5.74, 6) is -0.682. The SMILES string of the molecule is CN1CCCC1CC(=O)O.Cl. The highest BCUT2D eigenvalue weighted by Crippen LogP contribution is 2.17. The van der Waals surface area contributed by atoms with E-state index < -0.39 is 5.97 Å². The third kappa shape index (κ3) is 3.08. The Bertz CT molecular complexity index is 140. The number of hydrogen-bond acceptors (Lipinski definition) is 2. The van der Waals surface area contributed by atoms with E-state index in [-0.39, 0.29) is 18.4 Å². The summed E-state index contributed by atoms with van der Waals surface area (Å²) in [6.07, 6.45) is 2.49. The third-order valence-electron chi connectivity index (χ3n) is 2.08. The molecule has 4 heteroatoms. The lowest BCUT2D eigenvalue weighted by atomic mass is 10.1. The van der Waals surface area contributed by atoms with E-state index in [9.17, 15) is 4.79 Å². The number of rotatable bonds is 2. The van der Waals surface area contributed by atoms with Crippen molar-refractivity contribution in [3.8, 4) is 0 Å². The van der Waals surface area contributed by atoms with E-state index in [4.69, 9.17) is 5.11 Å². The summed E-state index contributed by atoms with van der Waals surface area (Å²) in [4.78, 5) is 12.4. The van der Waals surface area contributed by atoms with Crippen LogP contribution >= 0.6 is 12.4 Å². The fraction of sp³-hybridized carbons (Fsp3) is 0.857. The summed E-state index contributed by atoms with van der Waals surface area (Å²) in [5.41, 5.74) is 0. The summed E-state index contributed by atoms with van der Waals surface area (Å²) >= 11 is 0. The maximum Gasteiger partial charge on any atom is 0.304 e. The minimum absolute atomic E-state index is 0. The van der Waals surface area contributed by atoms with Crippen LogP contribution in [0.1, 0.15) is 19.3 Å². The van der Waals surface area contributed by atoms with Gasteiger partial charge >= 0.3 is 5.97 Å². The molecule has 11 heavy (non-hydrogen) atoms. The summed E-state index contributed by atoms with van der Waals surface area (Å²) in [6, 6.07) is 0.289. The van der Waals surface area contributed by atoms with E-state index in [0.29, 0.717) is 6.42 Å². The van der Waals surface area contributed by atoms with Crippen molar-refractivity contribution in [3.05, 3.63) is 0 Å². The lowest BCUT2D eigenvalue weighted by Gasteiger charge is -2.16. The van der Waals surface area contributed by atoms with Crippen LogP contribution in [0.2, 0.25) is 0 Å². The molecule has 0 aromatic carbocycles. The standard InChI is InChI=1S/C7H13NO2.ClH/c1-8-4-2-3-6(8)5-7(9)10;/h6H,2-5H2,1H3,(H,9,10);1H. The normalized spacial score (nSPS) is 24.6. The molecule has 0 amide bonds. The number of carboxylic acid groups (broad SMARTS) is 1. The van der Waals surface area contributed by atoms with Crippen LogP contribution in [0, 0.1) is 0 Å². The lowest BCUT2D eigenvalue weighted by molar-refractivity contribution is -0.138. The molecule has 0 aromatic heterocycles. The summed E-state index contributed by atoms with van der Waals surface area (Å²) in [6.45, 7) is 1.05. The summed E-state index contributed by atoms with van der Waals surface area (Å²) in [5, 5.41) is 8.46. The largest absolute Gasteiger partial charge is 0.481 e. The zero-order valence-corrected chi connectivity index (χ0v) is 7.43. The van der Waals surface area contributed by atoms with Crippen LogP contribution in [0.4, 0.5) is 0 Å². The van der Waals surface area contributed by atoms with Crippen molar-refractivity contribution < 1.29 is 9.90 Å². The molecule has 0 saturated carbocycles. The van der Waals surface area contributed by atoms with Gasteiger partial charge in [-0.25, -0.2) is 0 Å². The number of aliphatic carboxylic acids is 1. The summed E-state index contributed by atoms with van der Waals surface area (Å²) in [7, 11) is 1.99. The first kappa shape index (κ1) is 10.7. The van der Waals surface area contributed by atoms with Crippen molar-refractivity contribution in [2.45, 2.75) is 25.3 Å². The number of likely N-dealkylation sites (tertiary alicyclic amines) is 1. The van der Waals surface area contributed by atoms with Gasteiger partial charge in [0.15, 0.2) is 0 Å². The Morgan fingerprint density at radius 3 is 2.73 bits per heavy atom. The first-order valence-electron chi connectivity index (χ1n) is 3.62. The molecule has 1 saturated heterocycles. The second-order valence-corrected chi connectivity index (χ2v) is 2.87. The maximum atomic E-state index is 10.3. The molecule has 1 aliphatic heterocycles. The number of halogens is 1. The number of nitrogens with zero attached hydrogens (tertiary/aromatic N) is 1. The molecule has 3 nitrogen and oxygen atoms in total. The van der Waals surface area contributed by atoms with Gasteiger partial charge in [0, 0.05) is 6.04 Å². The zero-order chi connectivity index (χ0) is 7.56. The van der Waals surface area contributed by atoms with Gasteiger partial charge in [0.05, 0.1) is 6.42 Å². The fourth-order valence-corrected chi connectivity index (χ4v) is 1.44. The molecule has 1 unspecified atom stereocenters. The molecule has 1 atom stereocenters. The summed E-state index contributed by atoms with van der Waals surface area (Å²) < 4.78 is 0. The lowest BCUT2D eigenvalue weighted by Crippen LogP contribution is -2.27. The van der Waals surface area contributed by atoms with Gasteiger partial charge in [-0.3, -0.25) is 4.79 Å². The highest BCUT2D eigenvalue weighted by atomic mass is 35.5. The quantitative estimate of drug-likeness (QED) is 0.687. The highest BCUT2D eigenvalue weighted by molar-refractivity contribution is 5.85. The van der Waals surface area contributed by atoms with Crippen LogP contribution in [-0.2, 0) is 4.79 Å². The van der Waals surface area contributed by atoms with Crippen LogP contribution in [0.15, 0.2) is 0 Å². The predicted molar refractivity (Wildman–Crippen MR) is 45.2 cm³/mol. The molecule has 1 rings (SSSR count). The van der Waals surface area contributed by atoms with E-state index >= 15 is 0 Å². The van der Waals surface area contributed by atoms with Crippen molar-refractivity contribution in [2.75, 3.05) is 13.6 Å². The average molecular weight is 180 g/mol. The molecule has 0 aliphatic carbocycles. The molecule has 1 aliphatic rings. The second kappa shape index (κ2) is 4.57. The average Bonchev–Trinajstić information content (AvgIpc) is 2.15. The van der Waals surface area contributed by atoms with Gasteiger partial charge in [0.1, 0.15) is 0 Å².